The second kappa shape index (κ2) is 10.3. The average Bonchev–Trinajstić information content (AvgIpc) is 2.01. The molecule has 5 N–H and O–H groups in total. The Hall–Kier alpha value is -1.70. The highest BCUT2D eigenvalue weighted by Crippen LogP contribution is 1.74. The minimum atomic E-state index is -0.671. The predicted molar refractivity (Wildman–Crippen MR) is 41.5 cm³/mol. The Balaban J connectivity index is 0. The van der Waals surface area contributed by atoms with Gasteiger partial charge in [0.25, 0.3) is 0 Å². The number of hydrogen-bond acceptors (Lipinski definition) is 5. The summed E-state index contributed by atoms with van der Waals surface area (Å²) in [6.45, 7) is 0.0244. The number of aliphatic hydroxyl groups excluding tert-OH is 1. The molecule has 76 valence electrons. The molecule has 0 aliphatic carbocycles. The predicted octanol–water partition coefficient (Wildman–Crippen LogP) is -1.89. The summed E-state index contributed by atoms with van der Waals surface area (Å²) < 4.78 is 0. The average molecular weight is 193 g/mol. The summed E-state index contributed by atoms with van der Waals surface area (Å²) in [5.74, 6) is -1.13. The van der Waals surface area contributed by atoms with E-state index in [1.165, 1.54) is 5.34 Å². The van der Waals surface area contributed by atoms with Crippen LogP contribution in [0.1, 0.15) is 6.42 Å². The van der Waals surface area contributed by atoms with Crippen molar-refractivity contribution in [1.29, 1.82) is 0 Å². The summed E-state index contributed by atoms with van der Waals surface area (Å²) in [6.07, 6.45) is -0.319. The van der Waals surface area contributed by atoms with Crippen molar-refractivity contribution in [3.05, 3.63) is 4.91 Å². The first kappa shape index (κ1) is 13.9. The summed E-state index contributed by atoms with van der Waals surface area (Å²) in [5.41, 5.74) is 4.70. The number of amides is 2. The molecule has 8 heteroatoms. The first-order valence-corrected chi connectivity index (χ1v) is 3.21. The van der Waals surface area contributed by atoms with E-state index in [2.05, 4.69) is 5.32 Å². The van der Waals surface area contributed by atoms with E-state index < -0.39 is 11.8 Å². The maximum absolute atomic E-state index is 10.5. The van der Waals surface area contributed by atoms with Crippen molar-refractivity contribution in [2.45, 2.75) is 6.42 Å². The molecule has 0 aromatic heterocycles. The number of rotatable bonds is 4. The Kier molecular flexibility index (Phi) is 11.0. The Morgan fingerprint density at radius 2 is 1.92 bits per heavy atom. The minimum Gasteiger partial charge on any atom is -0.395 e. The summed E-state index contributed by atoms with van der Waals surface area (Å²) >= 11 is 0. The zero-order valence-corrected chi connectivity index (χ0v) is 6.77. The Morgan fingerprint density at radius 1 is 1.46 bits per heavy atom. The van der Waals surface area contributed by atoms with Gasteiger partial charge in [0.2, 0.25) is 11.8 Å². The standard InChI is InChI=1S/C5H10N2O3.HNO2/c6-4(9)3-5(10)7-1-2-8;2-1-3/h8H,1-3H2,(H2,6,9)(H,7,10);(H,2,3). The van der Waals surface area contributed by atoms with E-state index in [1.54, 1.807) is 0 Å². The van der Waals surface area contributed by atoms with Crippen LogP contribution in [0.4, 0.5) is 0 Å². The number of nitrogens with two attached hydrogens (primary N) is 1. The highest BCUT2D eigenvalue weighted by molar-refractivity contribution is 5.95. The van der Waals surface area contributed by atoms with Gasteiger partial charge in [-0.25, -0.2) is 0 Å². The largest absolute Gasteiger partial charge is 0.395 e. The molecule has 0 radical (unpaired) electrons. The minimum absolute atomic E-state index is 0.134. The summed E-state index contributed by atoms with van der Waals surface area (Å²) in [6, 6.07) is 0. The topological polar surface area (TPSA) is 142 Å². The number of nitrogens with one attached hydrogen (secondary N) is 1. The molecular formula is C5H11N3O5. The van der Waals surface area contributed by atoms with Crippen LogP contribution in [0.15, 0.2) is 5.34 Å². The van der Waals surface area contributed by atoms with E-state index in [-0.39, 0.29) is 19.6 Å². The van der Waals surface area contributed by atoms with E-state index >= 15 is 0 Å². The molecule has 0 aromatic carbocycles. The van der Waals surface area contributed by atoms with Crippen LogP contribution in [0.2, 0.25) is 0 Å². The summed E-state index contributed by atoms with van der Waals surface area (Å²) in [7, 11) is 0. The third-order valence-corrected chi connectivity index (χ3v) is 0.769. The molecule has 0 aliphatic rings. The first-order valence-electron chi connectivity index (χ1n) is 3.21. The van der Waals surface area contributed by atoms with E-state index in [9.17, 15) is 9.59 Å². The van der Waals surface area contributed by atoms with E-state index in [4.69, 9.17) is 21.0 Å². The fraction of sp³-hybridized carbons (Fsp3) is 0.600. The van der Waals surface area contributed by atoms with Gasteiger partial charge in [-0.1, -0.05) is 0 Å². The Bertz CT molecular complexity index is 172. The van der Waals surface area contributed by atoms with Crippen LogP contribution in [-0.4, -0.2) is 35.3 Å². The maximum Gasteiger partial charge on any atom is 0.229 e. The number of hydrogen-bond donors (Lipinski definition) is 4. The quantitative estimate of drug-likeness (QED) is 0.234. The van der Waals surface area contributed by atoms with Crippen LogP contribution in [0.5, 0.6) is 0 Å². The van der Waals surface area contributed by atoms with Crippen LogP contribution >= 0.6 is 0 Å². The van der Waals surface area contributed by atoms with Gasteiger partial charge in [-0.15, -0.1) is 4.91 Å². The zero-order valence-electron chi connectivity index (χ0n) is 6.77. The molecule has 0 saturated heterocycles. The van der Waals surface area contributed by atoms with Crippen molar-refractivity contribution in [3.8, 4) is 0 Å². The van der Waals surface area contributed by atoms with Gasteiger partial charge in [-0.2, -0.15) is 0 Å². The molecule has 0 rings (SSSR count). The SMILES string of the molecule is NC(=O)CC(=O)NCCO.O=NO. The van der Waals surface area contributed by atoms with Gasteiger partial charge < -0.3 is 21.4 Å². The van der Waals surface area contributed by atoms with Crippen LogP contribution < -0.4 is 11.1 Å². The van der Waals surface area contributed by atoms with Crippen LogP contribution in [0, 0.1) is 4.91 Å². The zero-order chi connectivity index (χ0) is 10.7. The van der Waals surface area contributed by atoms with Crippen molar-refractivity contribution in [3.63, 3.8) is 0 Å². The molecule has 2 amide bonds. The van der Waals surface area contributed by atoms with Crippen molar-refractivity contribution >= 4 is 11.8 Å². The van der Waals surface area contributed by atoms with Crippen molar-refractivity contribution in [1.82, 2.24) is 5.32 Å². The van der Waals surface area contributed by atoms with Gasteiger partial charge in [0, 0.05) is 6.54 Å². The second-order valence-electron chi connectivity index (χ2n) is 1.80. The molecule has 0 heterocycles. The molecule has 0 fully saturated rings. The van der Waals surface area contributed by atoms with Crippen molar-refractivity contribution < 1.29 is 19.9 Å². The lowest BCUT2D eigenvalue weighted by Gasteiger charge is -1.98. The van der Waals surface area contributed by atoms with Gasteiger partial charge in [-0.05, 0) is 0 Å². The summed E-state index contributed by atoms with van der Waals surface area (Å²) in [4.78, 5) is 28.7. The molecule has 0 spiro atoms. The van der Waals surface area contributed by atoms with E-state index in [0.717, 1.165) is 0 Å². The van der Waals surface area contributed by atoms with Gasteiger partial charge >= 0.3 is 0 Å². The number of carbonyl (C=O) groups is 2. The molecule has 0 atom stereocenters. The number of aliphatic hydroxyl groups is 1. The molecule has 0 saturated carbocycles. The number of nitrogens with zero attached hydrogens (tertiary/aromatic N) is 1. The van der Waals surface area contributed by atoms with Gasteiger partial charge in [0.05, 0.1) is 6.61 Å². The van der Waals surface area contributed by atoms with E-state index in [1.807, 2.05) is 0 Å². The third-order valence-electron chi connectivity index (χ3n) is 0.769. The highest BCUT2D eigenvalue weighted by atomic mass is 16.6. The second-order valence-corrected chi connectivity index (χ2v) is 1.80. The lowest BCUT2D eigenvalue weighted by molar-refractivity contribution is -0.127. The van der Waals surface area contributed by atoms with E-state index in [0.29, 0.717) is 0 Å². The van der Waals surface area contributed by atoms with Gasteiger partial charge in [0.15, 0.2) is 5.34 Å². The van der Waals surface area contributed by atoms with Crippen LogP contribution in [0.3, 0.4) is 0 Å². The molecular weight excluding hydrogens is 182 g/mol. The van der Waals surface area contributed by atoms with Gasteiger partial charge in [-0.3, -0.25) is 9.59 Å². The summed E-state index contributed by atoms with van der Waals surface area (Å²) in [5, 5.41) is 18.4. The lowest BCUT2D eigenvalue weighted by atomic mass is 10.4. The van der Waals surface area contributed by atoms with Crippen molar-refractivity contribution in [2.75, 3.05) is 13.2 Å². The first-order chi connectivity index (χ1) is 6.08. The fourth-order valence-electron chi connectivity index (χ4n) is 0.416. The molecule has 0 aliphatic heterocycles. The molecule has 0 aromatic rings. The molecule has 13 heavy (non-hydrogen) atoms. The smallest absolute Gasteiger partial charge is 0.229 e. The monoisotopic (exact) mass is 193 g/mol. The normalized spacial score (nSPS) is 7.77. The number of carbonyl (C=O) groups excluding carboxylic acids is 2. The Labute approximate surface area is 73.7 Å². The molecule has 0 unspecified atom stereocenters. The molecule has 8 nitrogen and oxygen atoms in total. The maximum atomic E-state index is 10.5. The highest BCUT2D eigenvalue weighted by Gasteiger charge is 2.02. The fourth-order valence-corrected chi connectivity index (χ4v) is 0.416. The van der Waals surface area contributed by atoms with Crippen molar-refractivity contribution in [2.24, 2.45) is 11.1 Å². The van der Waals surface area contributed by atoms with Crippen LogP contribution in [0.25, 0.3) is 0 Å². The third kappa shape index (κ3) is 17.9. The Morgan fingerprint density at radius 3 is 2.23 bits per heavy atom. The number of primary amides is 1. The van der Waals surface area contributed by atoms with Crippen LogP contribution in [-0.2, 0) is 9.59 Å². The van der Waals surface area contributed by atoms with Gasteiger partial charge in [0.1, 0.15) is 6.42 Å². The lowest BCUT2D eigenvalue weighted by Crippen LogP contribution is -2.30. The molecule has 0 bridgehead atoms.